The van der Waals surface area contributed by atoms with Crippen molar-refractivity contribution in [2.75, 3.05) is 25.0 Å². The lowest BCUT2D eigenvalue weighted by Gasteiger charge is -2.43. The first-order valence-electron chi connectivity index (χ1n) is 12.5. The smallest absolute Gasteiger partial charge is 0.407 e. The van der Waals surface area contributed by atoms with Crippen molar-refractivity contribution in [1.29, 1.82) is 0 Å². The standard InChI is InChI=1S/C27H36ClN5O4/c1-15-10-29-11-20-22(15)18-8-17(28)9-19(23(18)31-20)32-24(34)21-13-36-27(6,7)14-33(21)12-16(2)30-25(35)37-26(3,4)5/h8-11,16,21,31H,12-14H2,1-7H3,(H,30,35)(H,32,34)/t16-,21?/m0/s1. The first-order valence-corrected chi connectivity index (χ1v) is 12.8. The molecule has 200 valence electrons. The fourth-order valence-electron chi connectivity index (χ4n) is 4.80. The summed E-state index contributed by atoms with van der Waals surface area (Å²) < 4.78 is 11.4. The zero-order chi connectivity index (χ0) is 27.1. The maximum Gasteiger partial charge on any atom is 0.407 e. The van der Waals surface area contributed by atoms with Crippen LogP contribution >= 0.6 is 11.6 Å². The number of aromatic amines is 1. The molecule has 2 atom stereocenters. The molecule has 1 unspecified atom stereocenters. The number of carbonyl (C=O) groups is 2. The number of halogens is 1. The van der Waals surface area contributed by atoms with Gasteiger partial charge < -0.3 is 25.1 Å². The number of aromatic nitrogens is 2. The number of nitrogens with one attached hydrogen (secondary N) is 3. The third-order valence-electron chi connectivity index (χ3n) is 6.26. The molecular formula is C27H36ClN5O4. The number of carbonyl (C=O) groups excluding carboxylic acids is 2. The van der Waals surface area contributed by atoms with Crippen molar-refractivity contribution in [2.24, 2.45) is 0 Å². The first-order chi connectivity index (χ1) is 17.2. The number of H-pyrrole nitrogens is 1. The summed E-state index contributed by atoms with van der Waals surface area (Å²) in [5.41, 5.74) is 2.24. The zero-order valence-corrected chi connectivity index (χ0v) is 23.2. The average molecular weight is 530 g/mol. The molecule has 3 N–H and O–H groups in total. The van der Waals surface area contributed by atoms with Gasteiger partial charge in [0.05, 0.1) is 35.1 Å². The quantitative estimate of drug-likeness (QED) is 0.429. The van der Waals surface area contributed by atoms with Crippen molar-refractivity contribution >= 4 is 51.1 Å². The summed E-state index contributed by atoms with van der Waals surface area (Å²) in [5, 5.41) is 8.40. The Kier molecular flexibility index (Phi) is 7.43. The predicted molar refractivity (Wildman–Crippen MR) is 146 cm³/mol. The van der Waals surface area contributed by atoms with Gasteiger partial charge in [0.1, 0.15) is 11.6 Å². The molecule has 2 amide bonds. The molecule has 3 heterocycles. The van der Waals surface area contributed by atoms with Gasteiger partial charge in [-0.1, -0.05) is 11.6 Å². The lowest BCUT2D eigenvalue weighted by molar-refractivity contribution is -0.143. The number of nitrogens with zero attached hydrogens (tertiary/aromatic N) is 2. The number of aryl methyl sites for hydroxylation is 1. The molecule has 4 rings (SSSR count). The number of alkyl carbamates (subject to hydrolysis) is 1. The Labute approximate surface area is 222 Å². The number of amides is 2. The van der Waals surface area contributed by atoms with Gasteiger partial charge in [-0.05, 0) is 66.2 Å². The van der Waals surface area contributed by atoms with Crippen LogP contribution in [0.1, 0.15) is 47.1 Å². The lowest BCUT2D eigenvalue weighted by Crippen LogP contribution is -2.60. The van der Waals surface area contributed by atoms with Gasteiger partial charge in [-0.2, -0.15) is 0 Å². The van der Waals surface area contributed by atoms with E-state index >= 15 is 0 Å². The second-order valence-electron chi connectivity index (χ2n) is 11.4. The van der Waals surface area contributed by atoms with E-state index in [1.54, 1.807) is 18.5 Å². The largest absolute Gasteiger partial charge is 0.444 e. The molecule has 0 aliphatic carbocycles. The van der Waals surface area contributed by atoms with Gasteiger partial charge in [-0.3, -0.25) is 14.7 Å². The van der Waals surface area contributed by atoms with Gasteiger partial charge in [0.25, 0.3) is 0 Å². The molecule has 2 aromatic heterocycles. The minimum absolute atomic E-state index is 0.211. The molecule has 37 heavy (non-hydrogen) atoms. The van der Waals surface area contributed by atoms with E-state index < -0.39 is 23.3 Å². The van der Waals surface area contributed by atoms with Crippen molar-refractivity contribution in [3.8, 4) is 0 Å². The van der Waals surface area contributed by atoms with Gasteiger partial charge in [-0.15, -0.1) is 0 Å². The molecule has 10 heteroatoms. The van der Waals surface area contributed by atoms with E-state index in [0.717, 1.165) is 27.4 Å². The lowest BCUT2D eigenvalue weighted by atomic mass is 10.0. The number of fused-ring (bicyclic) bond motifs is 3. The molecule has 1 saturated heterocycles. The first kappa shape index (κ1) is 27.2. The van der Waals surface area contributed by atoms with Crippen LogP contribution in [0.2, 0.25) is 5.02 Å². The summed E-state index contributed by atoms with van der Waals surface area (Å²) in [4.78, 5) is 35.6. The van der Waals surface area contributed by atoms with E-state index in [4.69, 9.17) is 21.1 Å². The van der Waals surface area contributed by atoms with Crippen LogP contribution in [0, 0.1) is 6.92 Å². The Hall–Kier alpha value is -2.88. The maximum atomic E-state index is 13.6. The van der Waals surface area contributed by atoms with E-state index in [1.165, 1.54) is 0 Å². The highest BCUT2D eigenvalue weighted by molar-refractivity contribution is 6.33. The Balaban J connectivity index is 1.56. The normalized spacial score (nSPS) is 19.1. The highest BCUT2D eigenvalue weighted by Crippen LogP contribution is 2.35. The maximum absolute atomic E-state index is 13.6. The molecule has 1 aliphatic heterocycles. The summed E-state index contributed by atoms with van der Waals surface area (Å²) in [6.07, 6.45) is 3.08. The highest BCUT2D eigenvalue weighted by Gasteiger charge is 2.38. The molecule has 0 spiro atoms. The second-order valence-corrected chi connectivity index (χ2v) is 11.9. The van der Waals surface area contributed by atoms with Crippen LogP contribution in [0.4, 0.5) is 10.5 Å². The number of morpholine rings is 1. The van der Waals surface area contributed by atoms with Crippen molar-refractivity contribution in [1.82, 2.24) is 20.2 Å². The molecule has 3 aromatic rings. The van der Waals surface area contributed by atoms with Gasteiger partial charge in [0, 0.05) is 41.1 Å². The number of pyridine rings is 1. The summed E-state index contributed by atoms with van der Waals surface area (Å²) in [6, 6.07) is 2.82. The number of benzene rings is 1. The molecule has 1 fully saturated rings. The second kappa shape index (κ2) is 10.1. The molecule has 0 saturated carbocycles. The van der Waals surface area contributed by atoms with Crippen molar-refractivity contribution < 1.29 is 19.1 Å². The predicted octanol–water partition coefficient (Wildman–Crippen LogP) is 5.01. The number of hydrogen-bond donors (Lipinski definition) is 3. The van der Waals surface area contributed by atoms with Crippen LogP contribution in [0.25, 0.3) is 21.8 Å². The van der Waals surface area contributed by atoms with E-state index in [0.29, 0.717) is 23.8 Å². The average Bonchev–Trinajstić information content (AvgIpc) is 3.11. The van der Waals surface area contributed by atoms with Gasteiger partial charge in [-0.25, -0.2) is 4.79 Å². The van der Waals surface area contributed by atoms with Gasteiger partial charge in [0.2, 0.25) is 5.91 Å². The molecule has 1 aliphatic rings. The molecule has 0 radical (unpaired) electrons. The van der Waals surface area contributed by atoms with E-state index in [-0.39, 0.29) is 18.6 Å². The number of ether oxygens (including phenoxy) is 2. The Bertz CT molecular complexity index is 1330. The van der Waals surface area contributed by atoms with Crippen LogP contribution in [-0.2, 0) is 14.3 Å². The number of anilines is 1. The number of hydrogen-bond acceptors (Lipinski definition) is 6. The van der Waals surface area contributed by atoms with Crippen molar-refractivity contribution in [3.63, 3.8) is 0 Å². The zero-order valence-electron chi connectivity index (χ0n) is 22.5. The Morgan fingerprint density at radius 3 is 2.76 bits per heavy atom. The fraction of sp³-hybridized carbons (Fsp3) is 0.519. The van der Waals surface area contributed by atoms with E-state index in [9.17, 15) is 9.59 Å². The molecule has 1 aromatic carbocycles. The summed E-state index contributed by atoms with van der Waals surface area (Å²) in [5.74, 6) is -0.211. The number of rotatable bonds is 5. The Morgan fingerprint density at radius 2 is 2.05 bits per heavy atom. The van der Waals surface area contributed by atoms with Crippen LogP contribution in [-0.4, -0.2) is 69.9 Å². The van der Waals surface area contributed by atoms with Crippen molar-refractivity contribution in [2.45, 2.75) is 71.8 Å². The molecule has 0 bridgehead atoms. The van der Waals surface area contributed by atoms with Crippen molar-refractivity contribution in [3.05, 3.63) is 35.1 Å². The summed E-state index contributed by atoms with van der Waals surface area (Å²) >= 11 is 6.46. The Morgan fingerprint density at radius 1 is 1.32 bits per heavy atom. The van der Waals surface area contributed by atoms with E-state index in [2.05, 4.69) is 20.6 Å². The van der Waals surface area contributed by atoms with Crippen LogP contribution in [0.15, 0.2) is 24.5 Å². The highest BCUT2D eigenvalue weighted by atomic mass is 35.5. The topological polar surface area (TPSA) is 109 Å². The molecular weight excluding hydrogens is 494 g/mol. The third-order valence-corrected chi connectivity index (χ3v) is 6.47. The van der Waals surface area contributed by atoms with E-state index in [1.807, 2.05) is 59.4 Å². The monoisotopic (exact) mass is 529 g/mol. The minimum Gasteiger partial charge on any atom is -0.444 e. The third kappa shape index (κ3) is 6.34. The van der Waals surface area contributed by atoms with Crippen LogP contribution in [0.5, 0.6) is 0 Å². The van der Waals surface area contributed by atoms with Crippen LogP contribution < -0.4 is 10.6 Å². The fourth-order valence-corrected chi connectivity index (χ4v) is 5.02. The van der Waals surface area contributed by atoms with Crippen LogP contribution in [0.3, 0.4) is 0 Å². The summed E-state index contributed by atoms with van der Waals surface area (Å²) in [6.45, 7) is 14.5. The minimum atomic E-state index is -0.591. The molecule has 9 nitrogen and oxygen atoms in total. The van der Waals surface area contributed by atoms with Gasteiger partial charge in [0.15, 0.2) is 0 Å². The van der Waals surface area contributed by atoms with Gasteiger partial charge >= 0.3 is 6.09 Å². The SMILES string of the molecule is Cc1cncc2[nH]c3c(NC(=O)C4COC(C)(C)CN4C[C@H](C)NC(=O)OC(C)(C)C)cc(Cl)cc3c12. The summed E-state index contributed by atoms with van der Waals surface area (Å²) in [7, 11) is 0.